The zero-order valence-corrected chi connectivity index (χ0v) is 17.5. The van der Waals surface area contributed by atoms with Crippen LogP contribution >= 0.6 is 0 Å². The minimum Gasteiger partial charge on any atom is -0.385 e. The van der Waals surface area contributed by atoms with E-state index in [2.05, 4.69) is 44.5 Å². The Labute approximate surface area is 174 Å². The van der Waals surface area contributed by atoms with E-state index in [0.717, 1.165) is 69.3 Å². The Morgan fingerprint density at radius 3 is 2.76 bits per heavy atom. The molecule has 29 heavy (non-hydrogen) atoms. The summed E-state index contributed by atoms with van der Waals surface area (Å²) >= 11 is 0. The maximum Gasteiger partial charge on any atom is 0.193 e. The van der Waals surface area contributed by atoms with Crippen molar-refractivity contribution in [1.82, 2.24) is 15.2 Å². The van der Waals surface area contributed by atoms with Gasteiger partial charge in [-0.05, 0) is 43.0 Å². The number of ether oxygens (including phenoxy) is 2. The molecule has 1 aliphatic rings. The fourth-order valence-corrected chi connectivity index (χ4v) is 3.58. The van der Waals surface area contributed by atoms with E-state index in [9.17, 15) is 0 Å². The topological polar surface area (TPSA) is 59.0 Å². The van der Waals surface area contributed by atoms with Crippen LogP contribution in [-0.2, 0) is 16.0 Å². The van der Waals surface area contributed by atoms with Crippen molar-refractivity contribution in [3.8, 4) is 11.3 Å². The highest BCUT2D eigenvalue weighted by Crippen LogP contribution is 2.18. The molecule has 2 heterocycles. The van der Waals surface area contributed by atoms with Crippen molar-refractivity contribution in [1.29, 1.82) is 0 Å². The summed E-state index contributed by atoms with van der Waals surface area (Å²) in [5.41, 5.74) is 3.34. The van der Waals surface area contributed by atoms with Gasteiger partial charge in [0.2, 0.25) is 0 Å². The Hall–Kier alpha value is -2.44. The molecule has 0 saturated carbocycles. The SMILES string of the molecule is CN=C(NCc1cccc(-c2ccccn2)c1)N1CCC(OCCCOC)CC1. The first kappa shape index (κ1) is 21.3. The van der Waals surface area contributed by atoms with Crippen LogP contribution in [0.25, 0.3) is 11.3 Å². The highest BCUT2D eigenvalue weighted by atomic mass is 16.5. The van der Waals surface area contributed by atoms with E-state index in [0.29, 0.717) is 6.10 Å². The Morgan fingerprint density at radius 2 is 2.03 bits per heavy atom. The number of benzene rings is 1. The van der Waals surface area contributed by atoms with E-state index in [1.807, 2.05) is 31.4 Å². The molecule has 3 rings (SSSR count). The number of hydrogen-bond acceptors (Lipinski definition) is 4. The van der Waals surface area contributed by atoms with E-state index < -0.39 is 0 Å². The van der Waals surface area contributed by atoms with Crippen molar-refractivity contribution < 1.29 is 9.47 Å². The number of hydrogen-bond donors (Lipinski definition) is 1. The molecule has 1 aromatic heterocycles. The van der Waals surface area contributed by atoms with Gasteiger partial charge in [-0.3, -0.25) is 9.98 Å². The molecule has 1 aliphatic heterocycles. The monoisotopic (exact) mass is 396 g/mol. The second-order valence-electron chi connectivity index (χ2n) is 7.22. The standard InChI is InChI=1S/C23H32N4O2/c1-24-23(27-13-10-21(11-14-27)29-16-6-15-28-2)26-18-19-7-5-8-20(17-19)22-9-3-4-12-25-22/h3-5,7-9,12,17,21H,6,10-11,13-16,18H2,1-2H3,(H,24,26). The lowest BCUT2D eigenvalue weighted by molar-refractivity contribution is 0.00989. The Balaban J connectivity index is 1.48. The number of methoxy groups -OCH3 is 1. The summed E-state index contributed by atoms with van der Waals surface area (Å²) in [6.07, 6.45) is 5.19. The minimum absolute atomic E-state index is 0.344. The summed E-state index contributed by atoms with van der Waals surface area (Å²) in [7, 11) is 3.58. The molecule has 2 aromatic rings. The van der Waals surface area contributed by atoms with E-state index in [4.69, 9.17) is 9.47 Å². The lowest BCUT2D eigenvalue weighted by Gasteiger charge is -2.34. The first-order valence-corrected chi connectivity index (χ1v) is 10.4. The van der Waals surface area contributed by atoms with Crippen LogP contribution in [0.1, 0.15) is 24.8 Å². The maximum absolute atomic E-state index is 5.96. The molecule has 6 heteroatoms. The zero-order valence-electron chi connectivity index (χ0n) is 17.5. The van der Waals surface area contributed by atoms with Gasteiger partial charge in [0, 0.05) is 58.8 Å². The van der Waals surface area contributed by atoms with Crippen molar-refractivity contribution in [2.75, 3.05) is 40.5 Å². The van der Waals surface area contributed by atoms with E-state index in [1.54, 1.807) is 7.11 Å². The van der Waals surface area contributed by atoms with Gasteiger partial charge in [0.1, 0.15) is 0 Å². The summed E-state index contributed by atoms with van der Waals surface area (Å²) in [6.45, 7) is 4.20. The smallest absolute Gasteiger partial charge is 0.193 e. The van der Waals surface area contributed by atoms with Crippen LogP contribution in [0, 0.1) is 0 Å². The van der Waals surface area contributed by atoms with Gasteiger partial charge in [0.15, 0.2) is 5.96 Å². The zero-order chi connectivity index (χ0) is 20.3. The van der Waals surface area contributed by atoms with Crippen molar-refractivity contribution in [2.45, 2.75) is 31.9 Å². The molecule has 1 fully saturated rings. The third kappa shape index (κ3) is 6.54. The number of rotatable bonds is 8. The van der Waals surface area contributed by atoms with E-state index >= 15 is 0 Å². The Kier molecular flexibility index (Phi) is 8.46. The summed E-state index contributed by atoms with van der Waals surface area (Å²) < 4.78 is 11.0. The van der Waals surface area contributed by atoms with Crippen molar-refractivity contribution >= 4 is 5.96 Å². The molecule has 0 radical (unpaired) electrons. The quantitative estimate of drug-likeness (QED) is 0.421. The van der Waals surface area contributed by atoms with Gasteiger partial charge >= 0.3 is 0 Å². The molecule has 6 nitrogen and oxygen atoms in total. The predicted octanol–water partition coefficient (Wildman–Crippen LogP) is 3.34. The van der Waals surface area contributed by atoms with Gasteiger partial charge < -0.3 is 19.7 Å². The number of guanidine groups is 1. The summed E-state index contributed by atoms with van der Waals surface area (Å²) in [5, 5.41) is 3.51. The minimum atomic E-state index is 0.344. The summed E-state index contributed by atoms with van der Waals surface area (Å²) in [4.78, 5) is 11.2. The molecule has 0 unspecified atom stereocenters. The van der Waals surface area contributed by atoms with Crippen molar-refractivity contribution in [3.05, 3.63) is 54.2 Å². The number of aliphatic imine (C=N–C) groups is 1. The molecule has 0 atom stereocenters. The number of nitrogens with one attached hydrogen (secondary N) is 1. The fourth-order valence-electron chi connectivity index (χ4n) is 3.58. The van der Waals surface area contributed by atoms with Crippen LogP contribution in [-0.4, -0.2) is 62.4 Å². The average Bonchev–Trinajstić information content (AvgIpc) is 2.79. The lowest BCUT2D eigenvalue weighted by Crippen LogP contribution is -2.46. The number of aromatic nitrogens is 1. The number of pyridine rings is 1. The fraction of sp³-hybridized carbons (Fsp3) is 0.478. The molecule has 1 N–H and O–H groups in total. The first-order chi connectivity index (χ1) is 14.3. The van der Waals surface area contributed by atoms with Crippen LogP contribution in [0.4, 0.5) is 0 Å². The maximum atomic E-state index is 5.96. The molecule has 1 saturated heterocycles. The Bertz CT molecular complexity index is 758. The molecule has 0 spiro atoms. The summed E-state index contributed by atoms with van der Waals surface area (Å²) in [6, 6.07) is 14.5. The van der Waals surface area contributed by atoms with Gasteiger partial charge in [0.25, 0.3) is 0 Å². The van der Waals surface area contributed by atoms with Crippen LogP contribution in [0.3, 0.4) is 0 Å². The highest BCUT2D eigenvalue weighted by molar-refractivity contribution is 5.80. The third-order valence-electron chi connectivity index (χ3n) is 5.14. The van der Waals surface area contributed by atoms with Crippen LogP contribution in [0.15, 0.2) is 53.7 Å². The Morgan fingerprint density at radius 1 is 1.17 bits per heavy atom. The molecule has 0 aliphatic carbocycles. The molecule has 0 bridgehead atoms. The average molecular weight is 397 g/mol. The summed E-state index contributed by atoms with van der Waals surface area (Å²) in [5.74, 6) is 0.950. The van der Waals surface area contributed by atoms with Crippen molar-refractivity contribution in [3.63, 3.8) is 0 Å². The number of piperidine rings is 1. The third-order valence-corrected chi connectivity index (χ3v) is 5.14. The molecular weight excluding hydrogens is 364 g/mol. The normalized spacial score (nSPS) is 15.5. The van der Waals surface area contributed by atoms with Gasteiger partial charge in [-0.1, -0.05) is 24.3 Å². The highest BCUT2D eigenvalue weighted by Gasteiger charge is 2.21. The van der Waals surface area contributed by atoms with Gasteiger partial charge in [-0.25, -0.2) is 0 Å². The van der Waals surface area contributed by atoms with Crippen LogP contribution < -0.4 is 5.32 Å². The molecular formula is C23H32N4O2. The van der Waals surface area contributed by atoms with Crippen molar-refractivity contribution in [2.24, 2.45) is 4.99 Å². The largest absolute Gasteiger partial charge is 0.385 e. The first-order valence-electron chi connectivity index (χ1n) is 10.4. The molecule has 0 amide bonds. The second-order valence-corrected chi connectivity index (χ2v) is 7.22. The van der Waals surface area contributed by atoms with Gasteiger partial charge in [0.05, 0.1) is 11.8 Å². The van der Waals surface area contributed by atoms with E-state index in [1.165, 1.54) is 5.56 Å². The van der Waals surface area contributed by atoms with E-state index in [-0.39, 0.29) is 0 Å². The predicted molar refractivity (Wildman–Crippen MR) is 117 cm³/mol. The molecule has 156 valence electrons. The van der Waals surface area contributed by atoms with Gasteiger partial charge in [-0.2, -0.15) is 0 Å². The molecule has 1 aromatic carbocycles. The van der Waals surface area contributed by atoms with Crippen LogP contribution in [0.5, 0.6) is 0 Å². The van der Waals surface area contributed by atoms with Crippen LogP contribution in [0.2, 0.25) is 0 Å². The second kappa shape index (κ2) is 11.5. The van der Waals surface area contributed by atoms with Gasteiger partial charge in [-0.15, -0.1) is 0 Å². The number of nitrogens with zero attached hydrogens (tertiary/aromatic N) is 3. The number of likely N-dealkylation sites (tertiary alicyclic amines) is 1. The lowest BCUT2D eigenvalue weighted by atomic mass is 10.1.